The zero-order valence-corrected chi connectivity index (χ0v) is 16.2. The molecule has 146 valence electrons. The van der Waals surface area contributed by atoms with Crippen molar-refractivity contribution in [2.45, 2.75) is 38.1 Å². The molecule has 1 N–H and O–H groups in total. The van der Waals surface area contributed by atoms with Crippen LogP contribution < -0.4 is 10.1 Å². The molecular formula is C20H27N3O4. The largest absolute Gasteiger partial charge is 0.496 e. The summed E-state index contributed by atoms with van der Waals surface area (Å²) in [6.45, 7) is 0.639. The fraction of sp³-hybridized carbons (Fsp3) is 0.550. The minimum Gasteiger partial charge on any atom is -0.496 e. The number of methoxy groups -OCH3 is 1. The topological polar surface area (TPSA) is 79.0 Å². The molecule has 1 aliphatic carbocycles. The van der Waals surface area contributed by atoms with Crippen LogP contribution in [-0.4, -0.2) is 61.3 Å². The lowest BCUT2D eigenvalue weighted by molar-refractivity contribution is -0.141. The van der Waals surface area contributed by atoms with Gasteiger partial charge >= 0.3 is 0 Å². The molecule has 0 spiro atoms. The summed E-state index contributed by atoms with van der Waals surface area (Å²) in [5.41, 5.74) is 0.908. The Morgan fingerprint density at radius 3 is 2.52 bits per heavy atom. The molecule has 0 aromatic heterocycles. The number of hydrogen-bond acceptors (Lipinski definition) is 4. The monoisotopic (exact) mass is 373 g/mol. The Hall–Kier alpha value is -2.57. The number of likely N-dealkylation sites (tertiary alicyclic amines) is 1. The van der Waals surface area contributed by atoms with Gasteiger partial charge in [-0.2, -0.15) is 0 Å². The SMILES string of the molecule is COc1ccc(NC(=O)C2CCCCN2C(=O)C2CC2)cc1C(=O)N(C)C. The van der Waals surface area contributed by atoms with Crippen molar-refractivity contribution < 1.29 is 19.1 Å². The maximum atomic E-state index is 12.9. The van der Waals surface area contributed by atoms with E-state index in [2.05, 4.69) is 5.32 Å². The van der Waals surface area contributed by atoms with E-state index in [0.717, 1.165) is 25.7 Å². The number of carbonyl (C=O) groups is 3. The number of nitrogens with one attached hydrogen (secondary N) is 1. The first kappa shape index (κ1) is 19.2. The zero-order chi connectivity index (χ0) is 19.6. The van der Waals surface area contributed by atoms with Gasteiger partial charge in [-0.15, -0.1) is 0 Å². The van der Waals surface area contributed by atoms with E-state index >= 15 is 0 Å². The number of nitrogens with zero attached hydrogens (tertiary/aromatic N) is 2. The molecule has 1 saturated carbocycles. The van der Waals surface area contributed by atoms with E-state index in [1.807, 2.05) is 0 Å². The molecule has 1 aromatic rings. The average Bonchev–Trinajstić information content (AvgIpc) is 3.52. The van der Waals surface area contributed by atoms with Crippen molar-refractivity contribution in [1.82, 2.24) is 9.80 Å². The summed E-state index contributed by atoms with van der Waals surface area (Å²) in [4.78, 5) is 40.9. The number of carbonyl (C=O) groups excluding carboxylic acids is 3. The van der Waals surface area contributed by atoms with Crippen LogP contribution in [0, 0.1) is 5.92 Å². The minimum atomic E-state index is -0.443. The van der Waals surface area contributed by atoms with Crippen molar-refractivity contribution in [2.75, 3.05) is 33.1 Å². The molecule has 0 bridgehead atoms. The first-order chi connectivity index (χ1) is 12.9. The predicted octanol–water partition coefficient (Wildman–Crippen LogP) is 2.13. The van der Waals surface area contributed by atoms with Crippen molar-refractivity contribution in [2.24, 2.45) is 5.92 Å². The van der Waals surface area contributed by atoms with Crippen molar-refractivity contribution in [3.05, 3.63) is 23.8 Å². The van der Waals surface area contributed by atoms with Crippen LogP contribution in [0.3, 0.4) is 0 Å². The normalized spacial score (nSPS) is 19.4. The highest BCUT2D eigenvalue weighted by Crippen LogP contribution is 2.33. The highest BCUT2D eigenvalue weighted by Gasteiger charge is 2.39. The van der Waals surface area contributed by atoms with Gasteiger partial charge in [-0.05, 0) is 50.3 Å². The second-order valence-electron chi connectivity index (χ2n) is 7.42. The lowest BCUT2D eigenvalue weighted by Gasteiger charge is -2.35. The Morgan fingerprint density at radius 1 is 1.15 bits per heavy atom. The van der Waals surface area contributed by atoms with Crippen molar-refractivity contribution >= 4 is 23.4 Å². The summed E-state index contributed by atoms with van der Waals surface area (Å²) >= 11 is 0. The second kappa shape index (κ2) is 7.98. The van der Waals surface area contributed by atoms with E-state index < -0.39 is 6.04 Å². The predicted molar refractivity (Wildman–Crippen MR) is 102 cm³/mol. The molecule has 27 heavy (non-hydrogen) atoms. The Kier molecular flexibility index (Phi) is 5.68. The van der Waals surface area contributed by atoms with Gasteiger partial charge < -0.3 is 19.9 Å². The number of benzene rings is 1. The van der Waals surface area contributed by atoms with E-state index in [-0.39, 0.29) is 23.6 Å². The Balaban J connectivity index is 1.77. The van der Waals surface area contributed by atoms with Crippen LogP contribution in [0.5, 0.6) is 5.75 Å². The van der Waals surface area contributed by atoms with E-state index in [9.17, 15) is 14.4 Å². The van der Waals surface area contributed by atoms with Gasteiger partial charge in [0.05, 0.1) is 12.7 Å². The summed E-state index contributed by atoms with van der Waals surface area (Å²) < 4.78 is 5.26. The van der Waals surface area contributed by atoms with E-state index in [0.29, 0.717) is 30.0 Å². The van der Waals surface area contributed by atoms with E-state index in [1.165, 1.54) is 12.0 Å². The van der Waals surface area contributed by atoms with Crippen molar-refractivity contribution in [1.29, 1.82) is 0 Å². The number of rotatable bonds is 5. The van der Waals surface area contributed by atoms with Crippen LogP contribution in [0.4, 0.5) is 5.69 Å². The highest BCUT2D eigenvalue weighted by atomic mass is 16.5. The zero-order valence-electron chi connectivity index (χ0n) is 16.2. The van der Waals surface area contributed by atoms with Gasteiger partial charge in [0.1, 0.15) is 11.8 Å². The van der Waals surface area contributed by atoms with Gasteiger partial charge in [0.25, 0.3) is 5.91 Å². The van der Waals surface area contributed by atoms with Gasteiger partial charge in [-0.25, -0.2) is 0 Å². The van der Waals surface area contributed by atoms with Crippen LogP contribution in [0.1, 0.15) is 42.5 Å². The van der Waals surface area contributed by atoms with Gasteiger partial charge in [-0.1, -0.05) is 0 Å². The third kappa shape index (κ3) is 4.23. The molecule has 1 unspecified atom stereocenters. The van der Waals surface area contributed by atoms with E-state index in [1.54, 1.807) is 37.2 Å². The lowest BCUT2D eigenvalue weighted by atomic mass is 10.0. The number of hydrogen-bond donors (Lipinski definition) is 1. The molecule has 1 aliphatic heterocycles. The van der Waals surface area contributed by atoms with Crippen LogP contribution in [0.2, 0.25) is 0 Å². The molecule has 2 fully saturated rings. The number of anilines is 1. The summed E-state index contributed by atoms with van der Waals surface area (Å²) in [5, 5.41) is 2.88. The van der Waals surface area contributed by atoms with Crippen LogP contribution >= 0.6 is 0 Å². The Bertz CT molecular complexity index is 743. The molecule has 1 heterocycles. The van der Waals surface area contributed by atoms with E-state index in [4.69, 9.17) is 4.74 Å². The van der Waals surface area contributed by atoms with Crippen LogP contribution in [0.15, 0.2) is 18.2 Å². The van der Waals surface area contributed by atoms with Gasteiger partial charge in [0.15, 0.2) is 0 Å². The van der Waals surface area contributed by atoms with Gasteiger partial charge in [0.2, 0.25) is 11.8 Å². The lowest BCUT2D eigenvalue weighted by Crippen LogP contribution is -2.50. The molecule has 7 heteroatoms. The molecule has 2 aliphatic rings. The third-order valence-electron chi connectivity index (χ3n) is 5.12. The summed E-state index contributed by atoms with van der Waals surface area (Å²) in [7, 11) is 4.83. The highest BCUT2D eigenvalue weighted by molar-refractivity contribution is 6.01. The molecule has 1 atom stereocenters. The molecule has 7 nitrogen and oxygen atoms in total. The average molecular weight is 373 g/mol. The maximum absolute atomic E-state index is 12.9. The third-order valence-corrected chi connectivity index (χ3v) is 5.12. The van der Waals surface area contributed by atoms with Crippen molar-refractivity contribution in [3.8, 4) is 5.75 Å². The Labute approximate surface area is 159 Å². The molecule has 0 radical (unpaired) electrons. The first-order valence-electron chi connectivity index (χ1n) is 9.43. The van der Waals surface area contributed by atoms with Crippen molar-refractivity contribution in [3.63, 3.8) is 0 Å². The summed E-state index contributed by atoms with van der Waals surface area (Å²) in [6.07, 6.45) is 4.39. The molecule has 1 aromatic carbocycles. The number of amides is 3. The molecule has 3 rings (SSSR count). The smallest absolute Gasteiger partial charge is 0.257 e. The van der Waals surface area contributed by atoms with Gasteiger partial charge in [0, 0.05) is 32.2 Å². The molecular weight excluding hydrogens is 346 g/mol. The summed E-state index contributed by atoms with van der Waals surface area (Å²) in [5.74, 6) is 0.259. The van der Waals surface area contributed by atoms with Crippen LogP contribution in [-0.2, 0) is 9.59 Å². The number of piperidine rings is 1. The molecule has 3 amide bonds. The maximum Gasteiger partial charge on any atom is 0.257 e. The fourth-order valence-corrected chi connectivity index (χ4v) is 3.45. The minimum absolute atomic E-state index is 0.101. The standard InChI is InChI=1S/C20H27N3O4/c1-22(2)20(26)15-12-14(9-10-17(15)27-3)21-18(24)16-6-4-5-11-23(16)19(25)13-7-8-13/h9-10,12-13,16H,4-8,11H2,1-3H3,(H,21,24). The van der Waals surface area contributed by atoms with Crippen LogP contribution in [0.25, 0.3) is 0 Å². The quantitative estimate of drug-likeness (QED) is 0.858. The molecule has 1 saturated heterocycles. The Morgan fingerprint density at radius 2 is 1.89 bits per heavy atom. The van der Waals surface area contributed by atoms with Gasteiger partial charge in [-0.3, -0.25) is 14.4 Å². The second-order valence-corrected chi connectivity index (χ2v) is 7.42. The number of ether oxygens (including phenoxy) is 1. The fourth-order valence-electron chi connectivity index (χ4n) is 3.45. The first-order valence-corrected chi connectivity index (χ1v) is 9.43. The summed E-state index contributed by atoms with van der Waals surface area (Å²) in [6, 6.07) is 4.55.